The molecule has 3 heteroatoms. The van der Waals surface area contributed by atoms with Gasteiger partial charge in [-0.15, -0.1) is 0 Å². The number of fused-ring (bicyclic) bond motifs is 1. The maximum atomic E-state index is 6.26. The van der Waals surface area contributed by atoms with Crippen molar-refractivity contribution in [2.75, 3.05) is 11.5 Å². The highest BCUT2D eigenvalue weighted by atomic mass is 35.5. The number of hydrogen-bond acceptors (Lipinski definition) is 2. The summed E-state index contributed by atoms with van der Waals surface area (Å²) in [6, 6.07) is 5.67. The summed E-state index contributed by atoms with van der Waals surface area (Å²) >= 11 is 6.26. The van der Waals surface area contributed by atoms with Gasteiger partial charge in [0.05, 0.1) is 5.02 Å². The summed E-state index contributed by atoms with van der Waals surface area (Å²) < 4.78 is 0. The third-order valence-electron chi connectivity index (χ3n) is 2.90. The summed E-state index contributed by atoms with van der Waals surface area (Å²) in [6.07, 6.45) is 0. The van der Waals surface area contributed by atoms with Gasteiger partial charge in [0.15, 0.2) is 0 Å². The van der Waals surface area contributed by atoms with Gasteiger partial charge in [-0.3, -0.25) is 0 Å². The van der Waals surface area contributed by atoms with Gasteiger partial charge in [0.2, 0.25) is 0 Å². The molecule has 0 aliphatic carbocycles. The molecule has 0 unspecified atom stereocenters. The van der Waals surface area contributed by atoms with Crippen molar-refractivity contribution in [2.45, 2.75) is 13.8 Å². The van der Waals surface area contributed by atoms with Crippen molar-refractivity contribution in [3.63, 3.8) is 0 Å². The lowest BCUT2D eigenvalue weighted by Gasteiger charge is -2.13. The number of anilines is 2. The molecule has 0 saturated carbocycles. The molecular formula is C12H13ClN2. The van der Waals surface area contributed by atoms with Gasteiger partial charge < -0.3 is 11.5 Å². The van der Waals surface area contributed by atoms with Crippen LogP contribution in [0.2, 0.25) is 5.02 Å². The van der Waals surface area contributed by atoms with Crippen LogP contribution in [0.15, 0.2) is 18.2 Å². The maximum Gasteiger partial charge on any atom is 0.0518 e. The highest BCUT2D eigenvalue weighted by molar-refractivity contribution is 6.37. The van der Waals surface area contributed by atoms with Crippen LogP contribution < -0.4 is 11.5 Å². The monoisotopic (exact) mass is 220 g/mol. The minimum Gasteiger partial charge on any atom is -0.398 e. The third-order valence-corrected chi connectivity index (χ3v) is 3.39. The van der Waals surface area contributed by atoms with Crippen molar-refractivity contribution < 1.29 is 0 Å². The number of benzene rings is 2. The molecule has 2 aromatic carbocycles. The zero-order valence-electron chi connectivity index (χ0n) is 8.76. The third kappa shape index (κ3) is 1.33. The number of halogens is 1. The summed E-state index contributed by atoms with van der Waals surface area (Å²) in [7, 11) is 0. The number of hydrogen-bond donors (Lipinski definition) is 2. The van der Waals surface area contributed by atoms with Gasteiger partial charge in [0.25, 0.3) is 0 Å². The summed E-state index contributed by atoms with van der Waals surface area (Å²) in [4.78, 5) is 0. The smallest absolute Gasteiger partial charge is 0.0518 e. The molecule has 4 N–H and O–H groups in total. The second-order valence-corrected chi connectivity index (χ2v) is 4.13. The van der Waals surface area contributed by atoms with E-state index in [-0.39, 0.29) is 0 Å². The fourth-order valence-electron chi connectivity index (χ4n) is 1.81. The lowest BCUT2D eigenvalue weighted by atomic mass is 9.99. The molecule has 0 bridgehead atoms. The summed E-state index contributed by atoms with van der Waals surface area (Å²) in [5.74, 6) is 0. The van der Waals surface area contributed by atoms with Gasteiger partial charge in [-0.1, -0.05) is 23.7 Å². The first kappa shape index (κ1) is 10.1. The first-order chi connectivity index (χ1) is 7.04. The van der Waals surface area contributed by atoms with Gasteiger partial charge in [-0.05, 0) is 31.0 Å². The summed E-state index contributed by atoms with van der Waals surface area (Å²) in [5.41, 5.74) is 15.4. The van der Waals surface area contributed by atoms with Crippen molar-refractivity contribution in [3.05, 3.63) is 34.3 Å². The largest absolute Gasteiger partial charge is 0.398 e. The highest BCUT2D eigenvalue weighted by Crippen LogP contribution is 2.37. The van der Waals surface area contributed by atoms with E-state index in [1.54, 1.807) is 0 Å². The van der Waals surface area contributed by atoms with Crippen LogP contribution in [0.1, 0.15) is 11.1 Å². The zero-order valence-corrected chi connectivity index (χ0v) is 9.52. The predicted octanol–water partition coefficient (Wildman–Crippen LogP) is 3.27. The Labute approximate surface area is 93.8 Å². The maximum absolute atomic E-state index is 6.26. The van der Waals surface area contributed by atoms with E-state index >= 15 is 0 Å². The van der Waals surface area contributed by atoms with Gasteiger partial charge >= 0.3 is 0 Å². The molecule has 2 aromatic rings. The van der Waals surface area contributed by atoms with E-state index in [9.17, 15) is 0 Å². The second kappa shape index (κ2) is 3.31. The molecule has 2 nitrogen and oxygen atoms in total. The average Bonchev–Trinajstić information content (AvgIpc) is 2.23. The Morgan fingerprint density at radius 1 is 1.07 bits per heavy atom. The second-order valence-electron chi connectivity index (χ2n) is 3.75. The Morgan fingerprint density at radius 3 is 2.40 bits per heavy atom. The van der Waals surface area contributed by atoms with Crippen LogP contribution in [0.3, 0.4) is 0 Å². The summed E-state index contributed by atoms with van der Waals surface area (Å²) in [6.45, 7) is 3.93. The Morgan fingerprint density at radius 2 is 1.73 bits per heavy atom. The van der Waals surface area contributed by atoms with E-state index in [1.807, 2.05) is 32.0 Å². The normalized spacial score (nSPS) is 10.9. The van der Waals surface area contributed by atoms with E-state index < -0.39 is 0 Å². The molecule has 0 aliphatic rings. The molecule has 0 saturated heterocycles. The molecule has 0 atom stereocenters. The molecule has 0 amide bonds. The standard InChI is InChI=1S/C12H13ClN2/c1-6-7(2)12(15)10-8(11(6)13)4-3-5-9(10)14/h3-5H,14-15H2,1-2H3. The van der Waals surface area contributed by atoms with Crippen LogP contribution >= 0.6 is 11.6 Å². The molecular weight excluding hydrogens is 208 g/mol. The minimum atomic E-state index is 0.676. The van der Waals surface area contributed by atoms with Crippen molar-refractivity contribution >= 4 is 33.7 Å². The Kier molecular flexibility index (Phi) is 2.24. The Hall–Kier alpha value is -1.41. The number of rotatable bonds is 0. The molecule has 0 aromatic heterocycles. The fraction of sp³-hybridized carbons (Fsp3) is 0.167. The zero-order chi connectivity index (χ0) is 11.2. The van der Waals surface area contributed by atoms with E-state index in [1.165, 1.54) is 0 Å². The van der Waals surface area contributed by atoms with Crippen LogP contribution in [0.5, 0.6) is 0 Å². The molecule has 15 heavy (non-hydrogen) atoms. The van der Waals surface area contributed by atoms with Crippen molar-refractivity contribution in [2.24, 2.45) is 0 Å². The molecule has 78 valence electrons. The molecule has 0 fully saturated rings. The van der Waals surface area contributed by atoms with Crippen LogP contribution in [-0.4, -0.2) is 0 Å². The molecule has 0 aliphatic heterocycles. The predicted molar refractivity (Wildman–Crippen MR) is 67.3 cm³/mol. The van der Waals surface area contributed by atoms with E-state index in [4.69, 9.17) is 23.1 Å². The molecule has 0 spiro atoms. The lowest BCUT2D eigenvalue weighted by Crippen LogP contribution is -1.98. The van der Waals surface area contributed by atoms with Gasteiger partial charge in [-0.2, -0.15) is 0 Å². The van der Waals surface area contributed by atoms with Crippen LogP contribution in [-0.2, 0) is 0 Å². The van der Waals surface area contributed by atoms with Crippen LogP contribution in [0.4, 0.5) is 11.4 Å². The van der Waals surface area contributed by atoms with Crippen molar-refractivity contribution in [1.82, 2.24) is 0 Å². The minimum absolute atomic E-state index is 0.676. The van der Waals surface area contributed by atoms with E-state index in [2.05, 4.69) is 0 Å². The topological polar surface area (TPSA) is 52.0 Å². The average molecular weight is 221 g/mol. The quantitative estimate of drug-likeness (QED) is 0.670. The highest BCUT2D eigenvalue weighted by Gasteiger charge is 2.12. The Balaban J connectivity index is 3.08. The number of nitrogens with two attached hydrogens (primary N) is 2. The van der Waals surface area contributed by atoms with E-state index in [0.717, 1.165) is 32.6 Å². The van der Waals surface area contributed by atoms with Crippen molar-refractivity contribution in [1.29, 1.82) is 0 Å². The summed E-state index contributed by atoms with van der Waals surface area (Å²) in [5, 5.41) is 2.53. The lowest BCUT2D eigenvalue weighted by molar-refractivity contribution is 1.37. The van der Waals surface area contributed by atoms with Crippen LogP contribution in [0.25, 0.3) is 10.8 Å². The molecule has 0 radical (unpaired) electrons. The first-order valence-electron chi connectivity index (χ1n) is 4.76. The first-order valence-corrected chi connectivity index (χ1v) is 5.14. The van der Waals surface area contributed by atoms with Gasteiger partial charge in [0.1, 0.15) is 0 Å². The van der Waals surface area contributed by atoms with Crippen molar-refractivity contribution in [3.8, 4) is 0 Å². The SMILES string of the molecule is Cc1c(C)c(N)c2c(N)cccc2c1Cl. The Bertz CT molecular complexity index is 547. The molecule has 0 heterocycles. The molecule has 2 rings (SSSR count). The van der Waals surface area contributed by atoms with Gasteiger partial charge in [0, 0.05) is 22.1 Å². The van der Waals surface area contributed by atoms with Gasteiger partial charge in [-0.25, -0.2) is 0 Å². The fourth-order valence-corrected chi connectivity index (χ4v) is 2.11. The van der Waals surface area contributed by atoms with E-state index in [0.29, 0.717) is 5.69 Å². The van der Waals surface area contributed by atoms with Crippen LogP contribution in [0, 0.1) is 13.8 Å². The number of nitrogen functional groups attached to an aromatic ring is 2.